The Kier molecular flexibility index (Phi) is 8.88. The van der Waals surface area contributed by atoms with Crippen molar-refractivity contribution in [3.05, 3.63) is 81.3 Å². The Morgan fingerprint density at radius 1 is 1.04 bits per heavy atom. The van der Waals surface area contributed by atoms with E-state index in [1.807, 2.05) is 19.9 Å². The third kappa shape index (κ3) is 5.50. The summed E-state index contributed by atoms with van der Waals surface area (Å²) in [6.45, 7) is 7.82. The maximum absolute atomic E-state index is 14.3. The fraction of sp³-hybridized carbons (Fsp3) is 0.394. The lowest BCUT2D eigenvalue weighted by Crippen LogP contribution is -2.51. The van der Waals surface area contributed by atoms with Crippen molar-refractivity contribution in [2.24, 2.45) is 5.92 Å². The topological polar surface area (TPSA) is 111 Å². The van der Waals surface area contributed by atoms with Crippen LogP contribution in [0.4, 0.5) is 16.2 Å². The molecular formula is C33H37Cl2N5O4S. The van der Waals surface area contributed by atoms with Crippen LogP contribution >= 0.6 is 23.2 Å². The molecular weight excluding hydrogens is 633 g/mol. The van der Waals surface area contributed by atoms with Gasteiger partial charge in [-0.2, -0.15) is 0 Å². The summed E-state index contributed by atoms with van der Waals surface area (Å²) in [6.07, 6.45) is 2.43. The van der Waals surface area contributed by atoms with E-state index >= 15 is 0 Å². The molecule has 12 heteroatoms. The highest BCUT2D eigenvalue weighted by Crippen LogP contribution is 2.48. The van der Waals surface area contributed by atoms with Gasteiger partial charge in [-0.3, -0.25) is 15.0 Å². The molecule has 3 N–H and O–H groups in total. The largest absolute Gasteiger partial charge is 0.325 e. The summed E-state index contributed by atoms with van der Waals surface area (Å²) in [4.78, 5) is 30.6. The number of sulfone groups is 1. The zero-order chi connectivity index (χ0) is 31.9. The highest BCUT2D eigenvalue weighted by atomic mass is 35.5. The van der Waals surface area contributed by atoms with Gasteiger partial charge in [0.25, 0.3) is 5.91 Å². The fourth-order valence-corrected chi connectivity index (χ4v) is 8.84. The molecule has 3 amide bonds. The molecule has 3 aromatic rings. The van der Waals surface area contributed by atoms with Crippen LogP contribution in [0.1, 0.15) is 43.4 Å². The first kappa shape index (κ1) is 31.8. The minimum Gasteiger partial charge on any atom is -0.325 e. The quantitative estimate of drug-likeness (QED) is 0.295. The molecule has 238 valence electrons. The SMILES string of the molecule is CCN(CC)C(=O)N1CCc2cc(S(=O)(=O)c3cc(Cl)cc4c3NC(=O)C4(NCC3CCNCC3)c3ccccc3Cl)ccc21. The average Bonchev–Trinajstić information content (AvgIpc) is 3.59. The predicted molar refractivity (Wildman–Crippen MR) is 177 cm³/mol. The third-order valence-corrected chi connectivity index (χ3v) is 11.6. The lowest BCUT2D eigenvalue weighted by atomic mass is 9.82. The molecule has 3 aliphatic rings. The van der Waals surface area contributed by atoms with E-state index in [2.05, 4.69) is 16.0 Å². The molecule has 0 saturated carbocycles. The Morgan fingerprint density at radius 3 is 2.49 bits per heavy atom. The second kappa shape index (κ2) is 12.6. The highest BCUT2D eigenvalue weighted by Gasteiger charge is 2.51. The summed E-state index contributed by atoms with van der Waals surface area (Å²) >= 11 is 13.4. The number of anilines is 2. The summed E-state index contributed by atoms with van der Waals surface area (Å²) in [6, 6.07) is 14.9. The summed E-state index contributed by atoms with van der Waals surface area (Å²) in [5, 5.41) is 10.4. The third-order valence-electron chi connectivity index (χ3n) is 9.25. The molecule has 0 aliphatic carbocycles. The maximum atomic E-state index is 14.3. The highest BCUT2D eigenvalue weighted by molar-refractivity contribution is 7.91. The molecule has 1 saturated heterocycles. The number of piperidine rings is 1. The van der Waals surface area contributed by atoms with Crippen LogP contribution in [-0.4, -0.2) is 64.5 Å². The zero-order valence-corrected chi connectivity index (χ0v) is 27.7. The minimum atomic E-state index is -4.16. The number of urea groups is 1. The monoisotopic (exact) mass is 669 g/mol. The number of rotatable bonds is 8. The minimum absolute atomic E-state index is 0.0648. The summed E-state index contributed by atoms with van der Waals surface area (Å²) in [7, 11) is -4.16. The first-order chi connectivity index (χ1) is 21.6. The Morgan fingerprint density at radius 2 is 1.78 bits per heavy atom. The Hall–Kier alpha value is -3.15. The standard InChI is InChI=1S/C33H37Cl2N5O4S/c1-3-39(4-2)32(42)40-16-13-22-17-24(9-10-28(22)40)45(43,44)29-19-23(34)18-26-30(29)38-31(41)33(26,25-7-5-6-8-27(25)35)37-20-21-11-14-36-15-12-21/h5-10,17-19,21,36-37H,3-4,11-16,20H2,1-2H3,(H,38,41). The van der Waals surface area contributed by atoms with Gasteiger partial charge >= 0.3 is 6.03 Å². The molecule has 1 atom stereocenters. The van der Waals surface area contributed by atoms with Gasteiger partial charge in [0.2, 0.25) is 9.84 Å². The molecule has 3 heterocycles. The van der Waals surface area contributed by atoms with Crippen LogP contribution in [0.25, 0.3) is 0 Å². The fourth-order valence-electron chi connectivity index (χ4n) is 6.77. The van der Waals surface area contributed by atoms with Gasteiger partial charge in [-0.1, -0.05) is 41.4 Å². The first-order valence-electron chi connectivity index (χ1n) is 15.4. The van der Waals surface area contributed by atoms with Crippen molar-refractivity contribution >= 4 is 56.4 Å². The van der Waals surface area contributed by atoms with Crippen molar-refractivity contribution in [1.29, 1.82) is 0 Å². The Bertz CT molecular complexity index is 1760. The molecule has 0 aromatic heterocycles. The van der Waals surface area contributed by atoms with Crippen LogP contribution in [0.5, 0.6) is 0 Å². The van der Waals surface area contributed by atoms with E-state index in [0.29, 0.717) is 60.4 Å². The number of fused-ring (bicyclic) bond motifs is 2. The van der Waals surface area contributed by atoms with E-state index in [1.54, 1.807) is 46.2 Å². The molecule has 45 heavy (non-hydrogen) atoms. The van der Waals surface area contributed by atoms with Crippen LogP contribution < -0.4 is 20.9 Å². The van der Waals surface area contributed by atoms with Gasteiger partial charge in [0.1, 0.15) is 0 Å². The molecule has 0 spiro atoms. The molecule has 0 bridgehead atoms. The van der Waals surface area contributed by atoms with Crippen LogP contribution in [0.2, 0.25) is 10.0 Å². The molecule has 0 radical (unpaired) electrons. The van der Waals surface area contributed by atoms with E-state index in [0.717, 1.165) is 31.5 Å². The van der Waals surface area contributed by atoms with E-state index < -0.39 is 21.3 Å². The van der Waals surface area contributed by atoms with Gasteiger partial charge in [0.05, 0.1) is 15.5 Å². The number of carbonyl (C=O) groups excluding carboxylic acids is 2. The van der Waals surface area contributed by atoms with Gasteiger partial charge in [-0.25, -0.2) is 13.2 Å². The van der Waals surface area contributed by atoms with Crippen molar-refractivity contribution in [3.8, 4) is 0 Å². The van der Waals surface area contributed by atoms with Crippen LogP contribution in [0, 0.1) is 5.92 Å². The molecule has 6 rings (SSSR count). The molecule has 1 unspecified atom stereocenters. The van der Waals surface area contributed by atoms with E-state index in [9.17, 15) is 18.0 Å². The molecule has 1 fully saturated rings. The average molecular weight is 671 g/mol. The van der Waals surface area contributed by atoms with E-state index in [-0.39, 0.29) is 26.5 Å². The van der Waals surface area contributed by atoms with Crippen molar-refractivity contribution in [1.82, 2.24) is 15.5 Å². The maximum Gasteiger partial charge on any atom is 0.324 e. The number of hydrogen-bond donors (Lipinski definition) is 3. The first-order valence-corrected chi connectivity index (χ1v) is 17.7. The zero-order valence-electron chi connectivity index (χ0n) is 25.3. The normalized spacial score (nSPS) is 19.7. The lowest BCUT2D eigenvalue weighted by Gasteiger charge is -2.33. The van der Waals surface area contributed by atoms with Crippen molar-refractivity contribution in [3.63, 3.8) is 0 Å². The molecule has 3 aromatic carbocycles. The van der Waals surface area contributed by atoms with Gasteiger partial charge in [0, 0.05) is 46.5 Å². The number of halogens is 2. The van der Waals surface area contributed by atoms with Crippen molar-refractivity contribution in [2.45, 2.75) is 48.4 Å². The Labute approximate surface area is 274 Å². The van der Waals surface area contributed by atoms with E-state index in [1.165, 1.54) is 12.1 Å². The number of nitrogens with zero attached hydrogens (tertiary/aromatic N) is 2. The number of nitrogens with one attached hydrogen (secondary N) is 3. The Balaban J connectivity index is 1.43. The molecule has 3 aliphatic heterocycles. The predicted octanol–water partition coefficient (Wildman–Crippen LogP) is 5.44. The van der Waals surface area contributed by atoms with Gasteiger partial charge < -0.3 is 15.5 Å². The number of carbonyl (C=O) groups is 2. The lowest BCUT2D eigenvalue weighted by molar-refractivity contribution is -0.120. The van der Waals surface area contributed by atoms with Gasteiger partial charge in [-0.05, 0) is 101 Å². The van der Waals surface area contributed by atoms with Gasteiger partial charge in [-0.15, -0.1) is 0 Å². The summed E-state index contributed by atoms with van der Waals surface area (Å²) in [5.74, 6) is -0.0952. The van der Waals surface area contributed by atoms with Crippen molar-refractivity contribution in [2.75, 3.05) is 49.5 Å². The van der Waals surface area contributed by atoms with Crippen molar-refractivity contribution < 1.29 is 18.0 Å². The number of amides is 3. The molecule has 9 nitrogen and oxygen atoms in total. The van der Waals surface area contributed by atoms with Crippen LogP contribution in [-0.2, 0) is 26.6 Å². The second-order valence-electron chi connectivity index (χ2n) is 11.7. The number of benzene rings is 3. The smallest absolute Gasteiger partial charge is 0.324 e. The number of hydrogen-bond acceptors (Lipinski definition) is 6. The second-order valence-corrected chi connectivity index (χ2v) is 14.5. The van der Waals surface area contributed by atoms with Gasteiger partial charge in [0.15, 0.2) is 5.54 Å². The summed E-state index contributed by atoms with van der Waals surface area (Å²) in [5.41, 5.74) is 1.15. The van der Waals surface area contributed by atoms with Crippen LogP contribution in [0.15, 0.2) is 64.4 Å². The van der Waals surface area contributed by atoms with Crippen LogP contribution in [0.3, 0.4) is 0 Å². The van der Waals surface area contributed by atoms with E-state index in [4.69, 9.17) is 23.2 Å². The summed E-state index contributed by atoms with van der Waals surface area (Å²) < 4.78 is 28.7.